The van der Waals surface area contributed by atoms with Crippen LogP contribution in [0.15, 0.2) is 52.9 Å². The average molecular weight is 298 g/mol. The third-order valence-electron chi connectivity index (χ3n) is 3.61. The minimum absolute atomic E-state index is 0.183. The predicted octanol–water partition coefficient (Wildman–Crippen LogP) is 4.03. The summed E-state index contributed by atoms with van der Waals surface area (Å²) >= 11 is 0. The number of para-hydroxylation sites is 2. The van der Waals surface area contributed by atoms with Crippen molar-refractivity contribution in [3.05, 3.63) is 65.8 Å². The van der Waals surface area contributed by atoms with E-state index < -0.39 is 0 Å². The summed E-state index contributed by atoms with van der Waals surface area (Å²) in [7, 11) is 2.04. The Morgan fingerprint density at radius 3 is 2.82 bits per heavy atom. The lowest BCUT2D eigenvalue weighted by molar-refractivity contribution is 0.317. The molecule has 114 valence electrons. The fraction of sp³-hybridized carbons (Fsp3) is 0.278. The second-order valence-electron chi connectivity index (χ2n) is 5.55. The molecule has 0 radical (unpaired) electrons. The van der Waals surface area contributed by atoms with E-state index in [2.05, 4.69) is 9.88 Å². The van der Waals surface area contributed by atoms with Crippen LogP contribution in [-0.4, -0.2) is 23.5 Å². The highest BCUT2D eigenvalue weighted by atomic mass is 19.1. The monoisotopic (exact) mass is 298 g/mol. The molecule has 0 atom stereocenters. The summed E-state index contributed by atoms with van der Waals surface area (Å²) in [4.78, 5) is 6.65. The summed E-state index contributed by atoms with van der Waals surface area (Å²) in [6.45, 7) is 1.65. The SMILES string of the molecule is CN(CCCc1nc2ccccc2o1)Cc1cccc(F)c1. The summed E-state index contributed by atoms with van der Waals surface area (Å²) in [5, 5.41) is 0. The number of hydrogen-bond acceptors (Lipinski definition) is 3. The Morgan fingerprint density at radius 2 is 2.00 bits per heavy atom. The largest absolute Gasteiger partial charge is 0.441 e. The molecule has 3 aromatic rings. The molecule has 0 aliphatic rings. The zero-order valence-electron chi connectivity index (χ0n) is 12.6. The van der Waals surface area contributed by atoms with Crippen LogP contribution in [0.4, 0.5) is 4.39 Å². The Morgan fingerprint density at radius 1 is 1.14 bits per heavy atom. The predicted molar refractivity (Wildman–Crippen MR) is 85.1 cm³/mol. The van der Waals surface area contributed by atoms with E-state index in [1.165, 1.54) is 6.07 Å². The molecule has 3 nitrogen and oxygen atoms in total. The number of aryl methyl sites for hydroxylation is 1. The van der Waals surface area contributed by atoms with E-state index in [1.807, 2.05) is 37.4 Å². The quantitative estimate of drug-likeness (QED) is 0.688. The van der Waals surface area contributed by atoms with Crippen LogP contribution in [0.3, 0.4) is 0 Å². The van der Waals surface area contributed by atoms with Gasteiger partial charge in [-0.2, -0.15) is 0 Å². The van der Waals surface area contributed by atoms with Crippen LogP contribution >= 0.6 is 0 Å². The van der Waals surface area contributed by atoms with Crippen molar-refractivity contribution >= 4 is 11.1 Å². The molecule has 0 fully saturated rings. The van der Waals surface area contributed by atoms with Gasteiger partial charge in [-0.3, -0.25) is 0 Å². The van der Waals surface area contributed by atoms with Gasteiger partial charge in [-0.05, 0) is 49.8 Å². The minimum Gasteiger partial charge on any atom is -0.441 e. The van der Waals surface area contributed by atoms with Gasteiger partial charge < -0.3 is 9.32 Å². The maximum absolute atomic E-state index is 13.2. The molecular weight excluding hydrogens is 279 g/mol. The molecule has 3 rings (SSSR count). The van der Waals surface area contributed by atoms with Crippen molar-refractivity contribution in [2.24, 2.45) is 0 Å². The molecule has 0 aliphatic carbocycles. The molecule has 1 aromatic heterocycles. The Hall–Kier alpha value is -2.20. The van der Waals surface area contributed by atoms with E-state index in [0.717, 1.165) is 48.5 Å². The van der Waals surface area contributed by atoms with E-state index in [1.54, 1.807) is 12.1 Å². The normalized spacial score (nSPS) is 11.4. The Balaban J connectivity index is 1.50. The third kappa shape index (κ3) is 3.71. The van der Waals surface area contributed by atoms with Gasteiger partial charge >= 0.3 is 0 Å². The summed E-state index contributed by atoms with van der Waals surface area (Å²) < 4.78 is 18.9. The Kier molecular flexibility index (Phi) is 4.49. The molecule has 1 heterocycles. The fourth-order valence-corrected chi connectivity index (χ4v) is 2.55. The number of fused-ring (bicyclic) bond motifs is 1. The second-order valence-corrected chi connectivity index (χ2v) is 5.55. The molecule has 0 N–H and O–H groups in total. The van der Waals surface area contributed by atoms with Crippen LogP contribution in [0.5, 0.6) is 0 Å². The highest BCUT2D eigenvalue weighted by Crippen LogP contribution is 2.16. The minimum atomic E-state index is -0.183. The summed E-state index contributed by atoms with van der Waals surface area (Å²) in [6.07, 6.45) is 1.76. The smallest absolute Gasteiger partial charge is 0.195 e. The van der Waals surface area contributed by atoms with Crippen molar-refractivity contribution < 1.29 is 8.81 Å². The van der Waals surface area contributed by atoms with Gasteiger partial charge in [0.05, 0.1) is 0 Å². The molecule has 0 aliphatic heterocycles. The first kappa shape index (κ1) is 14.7. The number of aromatic nitrogens is 1. The molecule has 4 heteroatoms. The van der Waals surface area contributed by atoms with Crippen LogP contribution in [0, 0.1) is 5.82 Å². The second kappa shape index (κ2) is 6.71. The van der Waals surface area contributed by atoms with Gasteiger partial charge in [-0.15, -0.1) is 0 Å². The lowest BCUT2D eigenvalue weighted by atomic mass is 10.2. The molecule has 0 saturated carbocycles. The maximum Gasteiger partial charge on any atom is 0.195 e. The van der Waals surface area contributed by atoms with Gasteiger partial charge in [-0.25, -0.2) is 9.37 Å². The molecule has 2 aromatic carbocycles. The Labute approximate surface area is 129 Å². The number of benzene rings is 2. The highest BCUT2D eigenvalue weighted by molar-refractivity contribution is 5.72. The van der Waals surface area contributed by atoms with Crippen molar-refractivity contribution in [3.63, 3.8) is 0 Å². The molecule has 22 heavy (non-hydrogen) atoms. The molecule has 0 bridgehead atoms. The lowest BCUT2D eigenvalue weighted by Gasteiger charge is -2.16. The highest BCUT2D eigenvalue weighted by Gasteiger charge is 2.06. The van der Waals surface area contributed by atoms with Gasteiger partial charge in [0.1, 0.15) is 11.3 Å². The van der Waals surface area contributed by atoms with E-state index in [-0.39, 0.29) is 5.82 Å². The molecule has 0 amide bonds. The van der Waals surface area contributed by atoms with Crippen LogP contribution in [0.1, 0.15) is 17.9 Å². The first-order valence-electron chi connectivity index (χ1n) is 7.48. The van der Waals surface area contributed by atoms with Crippen LogP contribution < -0.4 is 0 Å². The van der Waals surface area contributed by atoms with Gasteiger partial charge in [0, 0.05) is 13.0 Å². The lowest BCUT2D eigenvalue weighted by Crippen LogP contribution is -2.19. The van der Waals surface area contributed by atoms with Crippen molar-refractivity contribution in [3.8, 4) is 0 Å². The first-order valence-corrected chi connectivity index (χ1v) is 7.48. The average Bonchev–Trinajstić information content (AvgIpc) is 2.90. The van der Waals surface area contributed by atoms with Crippen LogP contribution in [0.2, 0.25) is 0 Å². The number of hydrogen-bond donors (Lipinski definition) is 0. The molecule has 0 saturated heterocycles. The van der Waals surface area contributed by atoms with E-state index in [4.69, 9.17) is 4.42 Å². The van der Waals surface area contributed by atoms with Gasteiger partial charge in [0.15, 0.2) is 11.5 Å². The van der Waals surface area contributed by atoms with Crippen molar-refractivity contribution in [2.45, 2.75) is 19.4 Å². The zero-order chi connectivity index (χ0) is 15.4. The Bertz CT molecular complexity index is 720. The van der Waals surface area contributed by atoms with E-state index in [9.17, 15) is 4.39 Å². The summed E-state index contributed by atoms with van der Waals surface area (Å²) in [5.41, 5.74) is 2.74. The molecule has 0 unspecified atom stereocenters. The maximum atomic E-state index is 13.2. The zero-order valence-corrected chi connectivity index (χ0v) is 12.6. The molecular formula is C18H19FN2O. The first-order chi connectivity index (χ1) is 10.7. The fourth-order valence-electron chi connectivity index (χ4n) is 2.55. The number of nitrogens with zero attached hydrogens (tertiary/aromatic N) is 2. The van der Waals surface area contributed by atoms with Crippen LogP contribution in [0.25, 0.3) is 11.1 Å². The van der Waals surface area contributed by atoms with E-state index in [0.29, 0.717) is 0 Å². The van der Waals surface area contributed by atoms with Gasteiger partial charge in [0.25, 0.3) is 0 Å². The standard InChI is InChI=1S/C18H19FN2O/c1-21(13-14-6-4-7-15(19)12-14)11-5-10-18-20-16-8-2-3-9-17(16)22-18/h2-4,6-9,12H,5,10-11,13H2,1H3. The number of halogens is 1. The topological polar surface area (TPSA) is 29.3 Å². The summed E-state index contributed by atoms with van der Waals surface area (Å²) in [6, 6.07) is 14.5. The van der Waals surface area contributed by atoms with Crippen molar-refractivity contribution in [2.75, 3.05) is 13.6 Å². The van der Waals surface area contributed by atoms with Crippen molar-refractivity contribution in [1.29, 1.82) is 0 Å². The van der Waals surface area contributed by atoms with Gasteiger partial charge in [-0.1, -0.05) is 24.3 Å². The number of oxazole rings is 1. The van der Waals surface area contributed by atoms with Gasteiger partial charge in [0.2, 0.25) is 0 Å². The van der Waals surface area contributed by atoms with Crippen LogP contribution in [-0.2, 0) is 13.0 Å². The van der Waals surface area contributed by atoms with E-state index >= 15 is 0 Å². The molecule has 0 spiro atoms. The summed E-state index contributed by atoms with van der Waals surface area (Å²) in [5.74, 6) is 0.595. The third-order valence-corrected chi connectivity index (χ3v) is 3.61. The number of rotatable bonds is 6. The van der Waals surface area contributed by atoms with Crippen molar-refractivity contribution in [1.82, 2.24) is 9.88 Å².